The van der Waals surface area contributed by atoms with Gasteiger partial charge in [-0.25, -0.2) is 0 Å². The molecule has 1 aliphatic rings. The lowest BCUT2D eigenvalue weighted by atomic mass is 9.68. The lowest BCUT2D eigenvalue weighted by Gasteiger charge is -2.46. The number of aryl methyl sites for hydroxylation is 1. The summed E-state index contributed by atoms with van der Waals surface area (Å²) >= 11 is 0. The van der Waals surface area contributed by atoms with E-state index in [1.54, 1.807) is 0 Å². The second-order valence-electron chi connectivity index (χ2n) is 8.52. The number of nitrogens with zero attached hydrogens (tertiary/aromatic N) is 1. The van der Waals surface area contributed by atoms with Crippen molar-refractivity contribution in [2.75, 3.05) is 14.1 Å². The van der Waals surface area contributed by atoms with Crippen LogP contribution >= 0.6 is 0 Å². The minimum absolute atomic E-state index is 0.000326. The molecule has 0 heterocycles. The molecular formula is C25H34N2O. The van der Waals surface area contributed by atoms with Crippen LogP contribution in [-0.2, 0) is 16.8 Å². The van der Waals surface area contributed by atoms with Crippen molar-refractivity contribution in [1.82, 2.24) is 4.90 Å². The summed E-state index contributed by atoms with van der Waals surface area (Å²) in [7, 11) is 4.36. The zero-order valence-corrected chi connectivity index (χ0v) is 17.3. The second kappa shape index (κ2) is 9.38. The number of hydrogen-bond acceptors (Lipinski definition) is 2. The van der Waals surface area contributed by atoms with Crippen LogP contribution in [0.2, 0.25) is 0 Å². The monoisotopic (exact) mass is 378 g/mol. The van der Waals surface area contributed by atoms with Crippen LogP contribution in [0.3, 0.4) is 0 Å². The molecule has 1 unspecified atom stereocenters. The molecule has 2 aromatic rings. The Morgan fingerprint density at radius 3 is 2.14 bits per heavy atom. The maximum absolute atomic E-state index is 12.2. The van der Waals surface area contributed by atoms with Gasteiger partial charge in [0.1, 0.15) is 0 Å². The van der Waals surface area contributed by atoms with E-state index in [-0.39, 0.29) is 17.4 Å². The molecule has 2 N–H and O–H groups in total. The molecule has 3 heteroatoms. The van der Waals surface area contributed by atoms with Gasteiger partial charge in [0.2, 0.25) is 5.91 Å². The van der Waals surface area contributed by atoms with E-state index >= 15 is 0 Å². The third kappa shape index (κ3) is 4.64. The summed E-state index contributed by atoms with van der Waals surface area (Å²) in [5.74, 6) is 0.292. The molecule has 2 aromatic carbocycles. The first-order valence-corrected chi connectivity index (χ1v) is 10.6. The lowest BCUT2D eigenvalue weighted by Crippen LogP contribution is -2.46. The van der Waals surface area contributed by atoms with E-state index in [4.69, 9.17) is 5.73 Å². The highest BCUT2D eigenvalue weighted by Gasteiger charge is 2.41. The van der Waals surface area contributed by atoms with Gasteiger partial charge in [0.15, 0.2) is 0 Å². The van der Waals surface area contributed by atoms with Crippen LogP contribution in [0.5, 0.6) is 0 Å². The molecule has 1 amide bonds. The third-order valence-electron chi connectivity index (χ3n) is 6.78. The van der Waals surface area contributed by atoms with Crippen LogP contribution in [-0.4, -0.2) is 24.9 Å². The van der Waals surface area contributed by atoms with Gasteiger partial charge >= 0.3 is 0 Å². The van der Waals surface area contributed by atoms with Crippen molar-refractivity contribution in [3.63, 3.8) is 0 Å². The number of hydrogen-bond donors (Lipinski definition) is 1. The maximum Gasteiger partial charge on any atom is 0.220 e. The number of amides is 1. The zero-order chi connectivity index (χ0) is 20.0. The molecule has 3 nitrogen and oxygen atoms in total. The fraction of sp³-hybridized carbons (Fsp3) is 0.480. The minimum Gasteiger partial charge on any atom is -0.369 e. The molecule has 1 fully saturated rings. The van der Waals surface area contributed by atoms with E-state index in [9.17, 15) is 4.79 Å². The molecule has 0 aliphatic heterocycles. The lowest BCUT2D eigenvalue weighted by molar-refractivity contribution is -0.124. The minimum atomic E-state index is -0.116. The predicted octanol–water partition coefficient (Wildman–Crippen LogP) is 4.76. The van der Waals surface area contributed by atoms with E-state index in [0.717, 1.165) is 44.9 Å². The van der Waals surface area contributed by atoms with Crippen molar-refractivity contribution in [2.24, 2.45) is 17.6 Å². The summed E-state index contributed by atoms with van der Waals surface area (Å²) in [6.45, 7) is 0. The molecule has 0 radical (unpaired) electrons. The molecular weight excluding hydrogens is 344 g/mol. The predicted molar refractivity (Wildman–Crippen MR) is 116 cm³/mol. The Morgan fingerprint density at radius 1 is 1.04 bits per heavy atom. The highest BCUT2D eigenvalue weighted by molar-refractivity contribution is 5.77. The van der Waals surface area contributed by atoms with Gasteiger partial charge in [0, 0.05) is 11.5 Å². The summed E-state index contributed by atoms with van der Waals surface area (Å²) in [4.78, 5) is 14.6. The van der Waals surface area contributed by atoms with Crippen LogP contribution in [0.15, 0.2) is 60.7 Å². The Bertz CT molecular complexity index is 734. The summed E-state index contributed by atoms with van der Waals surface area (Å²) < 4.78 is 0. The van der Waals surface area contributed by atoms with Gasteiger partial charge in [-0.15, -0.1) is 0 Å². The van der Waals surface area contributed by atoms with Gasteiger partial charge < -0.3 is 5.73 Å². The average Bonchev–Trinajstić information content (AvgIpc) is 2.72. The summed E-state index contributed by atoms with van der Waals surface area (Å²) in [6, 6.07) is 21.3. The van der Waals surface area contributed by atoms with E-state index < -0.39 is 0 Å². The van der Waals surface area contributed by atoms with Crippen LogP contribution in [0.4, 0.5) is 0 Å². The van der Waals surface area contributed by atoms with Gasteiger partial charge in [-0.1, -0.05) is 60.7 Å². The van der Waals surface area contributed by atoms with E-state index in [2.05, 4.69) is 73.6 Å². The molecule has 1 saturated carbocycles. The number of carbonyl (C=O) groups is 1. The quantitative estimate of drug-likeness (QED) is 0.720. The average molecular weight is 379 g/mol. The Hall–Kier alpha value is -2.13. The van der Waals surface area contributed by atoms with Crippen LogP contribution < -0.4 is 5.73 Å². The number of primary amides is 1. The van der Waals surface area contributed by atoms with Gasteiger partial charge in [-0.3, -0.25) is 9.69 Å². The van der Waals surface area contributed by atoms with Crippen molar-refractivity contribution in [3.05, 3.63) is 71.8 Å². The SMILES string of the molecule is CN(C)C1(c2ccccc2)CCC(C(CCCc2ccccc2)C(N)=O)CC1. The van der Waals surface area contributed by atoms with Crippen LogP contribution in [0.25, 0.3) is 0 Å². The summed E-state index contributed by atoms with van der Waals surface area (Å²) in [5, 5.41) is 0. The van der Waals surface area contributed by atoms with Crippen molar-refractivity contribution < 1.29 is 4.79 Å². The summed E-state index contributed by atoms with van der Waals surface area (Å²) in [6.07, 6.45) is 7.22. The van der Waals surface area contributed by atoms with Crippen molar-refractivity contribution >= 4 is 5.91 Å². The Labute approximate surface area is 169 Å². The van der Waals surface area contributed by atoms with Crippen molar-refractivity contribution in [1.29, 1.82) is 0 Å². The topological polar surface area (TPSA) is 46.3 Å². The van der Waals surface area contributed by atoms with E-state index in [1.165, 1.54) is 11.1 Å². The highest BCUT2D eigenvalue weighted by atomic mass is 16.1. The Balaban J connectivity index is 1.62. The molecule has 1 aliphatic carbocycles. The summed E-state index contributed by atoms with van der Waals surface area (Å²) in [5.41, 5.74) is 8.63. The zero-order valence-electron chi connectivity index (χ0n) is 17.3. The van der Waals surface area contributed by atoms with Gasteiger partial charge in [0.25, 0.3) is 0 Å². The maximum atomic E-state index is 12.2. The van der Waals surface area contributed by atoms with E-state index in [1.807, 2.05) is 6.07 Å². The van der Waals surface area contributed by atoms with Gasteiger partial charge in [0.05, 0.1) is 0 Å². The van der Waals surface area contributed by atoms with Crippen molar-refractivity contribution in [2.45, 2.75) is 50.5 Å². The first kappa shape index (κ1) is 20.6. The first-order chi connectivity index (χ1) is 13.5. The molecule has 0 spiro atoms. The Morgan fingerprint density at radius 2 is 1.61 bits per heavy atom. The van der Waals surface area contributed by atoms with Crippen molar-refractivity contribution in [3.8, 4) is 0 Å². The van der Waals surface area contributed by atoms with Crippen LogP contribution in [0, 0.1) is 11.8 Å². The molecule has 1 atom stereocenters. The Kier molecular flexibility index (Phi) is 6.90. The third-order valence-corrected chi connectivity index (χ3v) is 6.78. The fourth-order valence-corrected chi connectivity index (χ4v) is 5.04. The smallest absolute Gasteiger partial charge is 0.220 e. The first-order valence-electron chi connectivity index (χ1n) is 10.6. The molecule has 150 valence electrons. The molecule has 0 saturated heterocycles. The molecule has 0 aromatic heterocycles. The normalized spacial score (nSPS) is 23.5. The number of rotatable bonds is 8. The highest BCUT2D eigenvalue weighted by Crippen LogP contribution is 2.45. The second-order valence-corrected chi connectivity index (χ2v) is 8.52. The number of carbonyl (C=O) groups excluding carboxylic acids is 1. The molecule has 28 heavy (non-hydrogen) atoms. The largest absolute Gasteiger partial charge is 0.369 e. The van der Waals surface area contributed by atoms with Gasteiger partial charge in [-0.05, 0) is 76.1 Å². The molecule has 3 rings (SSSR count). The molecule has 0 bridgehead atoms. The standard InChI is InChI=1S/C25H34N2O/c1-27(2)25(22-13-7-4-8-14-22)18-16-21(17-19-25)23(24(26)28)15-9-12-20-10-5-3-6-11-20/h3-8,10-11,13-14,21,23H,9,12,15-19H2,1-2H3,(H2,26,28). The van der Waals surface area contributed by atoms with E-state index in [0.29, 0.717) is 5.92 Å². The number of benzene rings is 2. The van der Waals surface area contributed by atoms with Crippen LogP contribution in [0.1, 0.15) is 49.7 Å². The number of nitrogens with two attached hydrogens (primary N) is 1. The fourth-order valence-electron chi connectivity index (χ4n) is 5.04. The van der Waals surface area contributed by atoms with Gasteiger partial charge in [-0.2, -0.15) is 0 Å².